The zero-order valence-corrected chi connectivity index (χ0v) is 26.5. The van der Waals surface area contributed by atoms with Crippen LogP contribution < -0.4 is 10.8 Å². The van der Waals surface area contributed by atoms with E-state index in [0.29, 0.717) is 25.8 Å². The molecular formula is C37H40N2O6S. The fourth-order valence-electron chi connectivity index (χ4n) is 5.37. The lowest BCUT2D eigenvalue weighted by Gasteiger charge is -2.36. The second-order valence-corrected chi connectivity index (χ2v) is 12.4. The number of carbonyl (C=O) groups is 2. The van der Waals surface area contributed by atoms with Gasteiger partial charge in [0.15, 0.2) is 6.29 Å². The van der Waals surface area contributed by atoms with E-state index in [4.69, 9.17) is 14.7 Å². The van der Waals surface area contributed by atoms with Crippen LogP contribution >= 0.6 is 11.8 Å². The van der Waals surface area contributed by atoms with E-state index >= 15 is 0 Å². The molecule has 0 aromatic heterocycles. The van der Waals surface area contributed by atoms with Crippen LogP contribution in [0.3, 0.4) is 0 Å². The maximum absolute atomic E-state index is 12.3. The van der Waals surface area contributed by atoms with E-state index in [1.54, 1.807) is 17.2 Å². The molecule has 3 atom stereocenters. The molecule has 46 heavy (non-hydrogen) atoms. The van der Waals surface area contributed by atoms with Crippen LogP contribution in [-0.4, -0.2) is 34.0 Å². The number of aliphatic hydroxyl groups excluding tert-OH is 1. The van der Waals surface area contributed by atoms with Gasteiger partial charge < -0.3 is 19.9 Å². The number of thioether (sulfide) groups is 1. The summed E-state index contributed by atoms with van der Waals surface area (Å²) in [6.07, 6.45) is 1.58. The highest BCUT2D eigenvalue weighted by Gasteiger charge is 2.32. The summed E-state index contributed by atoms with van der Waals surface area (Å²) in [6, 6.07) is 34.5. The number of unbranched alkanes of at least 4 members (excludes halogenated alkanes) is 1. The molecule has 8 nitrogen and oxygen atoms in total. The zero-order chi connectivity index (χ0) is 32.1. The average Bonchev–Trinajstić information content (AvgIpc) is 3.12. The molecule has 5 rings (SSSR count). The Labute approximate surface area is 274 Å². The fourth-order valence-corrected chi connectivity index (χ4v) is 6.31. The molecule has 1 fully saturated rings. The summed E-state index contributed by atoms with van der Waals surface area (Å²) < 4.78 is 13.1. The van der Waals surface area contributed by atoms with Crippen molar-refractivity contribution in [3.63, 3.8) is 0 Å². The summed E-state index contributed by atoms with van der Waals surface area (Å²) in [6.45, 7) is 0.400. The van der Waals surface area contributed by atoms with Gasteiger partial charge in [-0.2, -0.15) is 0 Å². The van der Waals surface area contributed by atoms with Gasteiger partial charge in [-0.05, 0) is 64.9 Å². The fraction of sp³-hybridized carbons (Fsp3) is 0.297. The number of ether oxygens (including phenoxy) is 2. The van der Waals surface area contributed by atoms with Gasteiger partial charge in [-0.15, -0.1) is 11.8 Å². The molecule has 0 aliphatic carbocycles. The topological polar surface area (TPSA) is 117 Å². The van der Waals surface area contributed by atoms with Gasteiger partial charge in [0.25, 0.3) is 0 Å². The predicted octanol–water partition coefficient (Wildman–Crippen LogP) is 6.87. The second-order valence-electron chi connectivity index (χ2n) is 11.3. The Balaban J connectivity index is 1.26. The lowest BCUT2D eigenvalue weighted by molar-refractivity contribution is -0.245. The summed E-state index contributed by atoms with van der Waals surface area (Å²) in [4.78, 5) is 24.6. The highest BCUT2D eigenvalue weighted by Crippen LogP contribution is 2.40. The van der Waals surface area contributed by atoms with Crippen molar-refractivity contribution in [3.8, 4) is 11.1 Å². The number of nitrogens with one attached hydrogen (secondary N) is 2. The molecule has 240 valence electrons. The minimum absolute atomic E-state index is 0.00162. The molecule has 9 heteroatoms. The third kappa shape index (κ3) is 9.75. The number of carbonyl (C=O) groups excluding carboxylic acids is 2. The van der Waals surface area contributed by atoms with Crippen LogP contribution in [0.15, 0.2) is 108 Å². The minimum atomic E-state index is -0.552. The lowest BCUT2D eigenvalue weighted by atomic mass is 9.99. The molecule has 4 aromatic carbocycles. The summed E-state index contributed by atoms with van der Waals surface area (Å²) in [5.41, 5.74) is 7.47. The van der Waals surface area contributed by atoms with Gasteiger partial charge in [-0.1, -0.05) is 78.9 Å². The van der Waals surface area contributed by atoms with Crippen LogP contribution in [0.25, 0.3) is 11.1 Å². The first-order chi connectivity index (χ1) is 22.5. The standard InChI is InChI=1S/C37H40N2O6S/c40-24-26-16-18-28(19-17-26)34-22-32(25-46-33-12-2-1-3-13-33)44-37(45-34)31-11-7-10-30(21-31)29-9-6-8-27(20-29)23-38-35(41)14-4-5-15-36(42)39-43/h1-3,6-13,16-21,32,34,37,40,43H,4-5,14-15,22-25H2,(H,38,41)(H,39,42)/t32-,34+,37+/m0/s1. The van der Waals surface area contributed by atoms with Gasteiger partial charge in [0.1, 0.15) is 0 Å². The van der Waals surface area contributed by atoms with Crippen molar-refractivity contribution >= 4 is 23.6 Å². The monoisotopic (exact) mass is 640 g/mol. The third-order valence-electron chi connectivity index (χ3n) is 7.89. The molecule has 4 N–H and O–H groups in total. The zero-order valence-electron chi connectivity index (χ0n) is 25.6. The van der Waals surface area contributed by atoms with E-state index in [-0.39, 0.29) is 31.1 Å². The number of hydroxylamine groups is 1. The van der Waals surface area contributed by atoms with E-state index in [1.165, 1.54) is 4.90 Å². The lowest BCUT2D eigenvalue weighted by Crippen LogP contribution is -2.31. The Morgan fingerprint density at radius 1 is 0.761 bits per heavy atom. The van der Waals surface area contributed by atoms with Crippen molar-refractivity contribution in [1.82, 2.24) is 10.8 Å². The molecule has 0 bridgehead atoms. The molecule has 0 unspecified atom stereocenters. The molecule has 1 heterocycles. The first-order valence-electron chi connectivity index (χ1n) is 15.6. The SMILES string of the molecule is O=C(CCCCC(=O)NCc1cccc(-c2cccc([C@@H]3O[C@H](CSc4ccccc4)C[C@H](c4ccc(CO)cc4)O3)c2)c1)NO. The molecule has 0 spiro atoms. The Bertz CT molecular complexity index is 1570. The minimum Gasteiger partial charge on any atom is -0.392 e. The van der Waals surface area contributed by atoms with Crippen LogP contribution in [0.5, 0.6) is 0 Å². The third-order valence-corrected chi connectivity index (χ3v) is 9.03. The normalized spacial score (nSPS) is 17.7. The molecule has 1 saturated heterocycles. The van der Waals surface area contributed by atoms with E-state index in [1.807, 2.05) is 72.8 Å². The first kappa shape index (κ1) is 33.4. The predicted molar refractivity (Wildman–Crippen MR) is 178 cm³/mol. The van der Waals surface area contributed by atoms with Gasteiger partial charge in [-0.25, -0.2) is 5.48 Å². The van der Waals surface area contributed by atoms with E-state index in [9.17, 15) is 14.7 Å². The Morgan fingerprint density at radius 2 is 1.48 bits per heavy atom. The Hall–Kier alpha value is -3.99. The van der Waals surface area contributed by atoms with Crippen LogP contribution in [0, 0.1) is 0 Å². The highest BCUT2D eigenvalue weighted by molar-refractivity contribution is 7.99. The number of amides is 2. The molecule has 2 amide bonds. The van der Waals surface area contributed by atoms with Crippen LogP contribution in [0.4, 0.5) is 0 Å². The van der Waals surface area contributed by atoms with Gasteiger partial charge in [0.2, 0.25) is 11.8 Å². The Kier molecular flexibility index (Phi) is 12.4. The number of aliphatic hydroxyl groups is 1. The van der Waals surface area contributed by atoms with Crippen molar-refractivity contribution in [2.45, 2.75) is 68.6 Å². The van der Waals surface area contributed by atoms with Crippen LogP contribution in [-0.2, 0) is 32.2 Å². The van der Waals surface area contributed by atoms with Gasteiger partial charge in [0.05, 0.1) is 18.8 Å². The second kappa shape index (κ2) is 17.1. The van der Waals surface area contributed by atoms with E-state index in [0.717, 1.165) is 45.6 Å². The van der Waals surface area contributed by atoms with Crippen LogP contribution in [0.2, 0.25) is 0 Å². The van der Waals surface area contributed by atoms with Gasteiger partial charge in [-0.3, -0.25) is 14.8 Å². The summed E-state index contributed by atoms with van der Waals surface area (Å²) in [5, 5.41) is 21.0. The molecule has 1 aliphatic heterocycles. The van der Waals surface area contributed by atoms with Gasteiger partial charge >= 0.3 is 0 Å². The van der Waals surface area contributed by atoms with Crippen molar-refractivity contribution < 1.29 is 29.4 Å². The first-order valence-corrected chi connectivity index (χ1v) is 16.6. The number of rotatable bonds is 14. The number of hydrogen-bond acceptors (Lipinski definition) is 7. The van der Waals surface area contributed by atoms with E-state index in [2.05, 4.69) is 35.6 Å². The van der Waals surface area contributed by atoms with E-state index < -0.39 is 12.2 Å². The van der Waals surface area contributed by atoms with Crippen molar-refractivity contribution in [3.05, 3.63) is 125 Å². The summed E-state index contributed by atoms with van der Waals surface area (Å²) in [5.74, 6) is 0.266. The van der Waals surface area contributed by atoms with Gasteiger partial charge in [0, 0.05) is 42.0 Å². The van der Waals surface area contributed by atoms with Crippen molar-refractivity contribution in [1.29, 1.82) is 0 Å². The maximum atomic E-state index is 12.3. The highest BCUT2D eigenvalue weighted by atomic mass is 32.2. The number of hydrogen-bond donors (Lipinski definition) is 4. The van der Waals surface area contributed by atoms with Crippen LogP contribution in [0.1, 0.15) is 66.8 Å². The maximum Gasteiger partial charge on any atom is 0.243 e. The summed E-state index contributed by atoms with van der Waals surface area (Å²) in [7, 11) is 0. The molecule has 1 aliphatic rings. The largest absolute Gasteiger partial charge is 0.392 e. The quantitative estimate of drug-likeness (QED) is 0.0515. The smallest absolute Gasteiger partial charge is 0.243 e. The molecule has 0 saturated carbocycles. The summed E-state index contributed by atoms with van der Waals surface area (Å²) >= 11 is 1.77. The molecular weight excluding hydrogens is 600 g/mol. The van der Waals surface area contributed by atoms with Crippen molar-refractivity contribution in [2.75, 3.05) is 5.75 Å². The van der Waals surface area contributed by atoms with Crippen molar-refractivity contribution in [2.24, 2.45) is 0 Å². The molecule has 4 aromatic rings. The Morgan fingerprint density at radius 3 is 2.22 bits per heavy atom. The average molecular weight is 641 g/mol. The molecule has 0 radical (unpaired) electrons. The number of benzene rings is 4.